The second-order valence-electron chi connectivity index (χ2n) is 5.21. The molecule has 110 valence electrons. The van der Waals surface area contributed by atoms with Gasteiger partial charge in [-0.05, 0) is 36.6 Å². The van der Waals surface area contributed by atoms with Crippen molar-refractivity contribution in [2.45, 2.75) is 12.8 Å². The molecule has 3 heterocycles. The van der Waals surface area contributed by atoms with Gasteiger partial charge in [0.05, 0.1) is 11.2 Å². The summed E-state index contributed by atoms with van der Waals surface area (Å²) in [5.74, 6) is 0.389. The van der Waals surface area contributed by atoms with Crippen molar-refractivity contribution in [1.29, 1.82) is 0 Å². The van der Waals surface area contributed by atoms with Crippen molar-refractivity contribution in [2.24, 2.45) is 0 Å². The molecule has 0 saturated heterocycles. The molecule has 3 aromatic rings. The summed E-state index contributed by atoms with van der Waals surface area (Å²) < 4.78 is 13.6. The van der Waals surface area contributed by atoms with E-state index in [1.165, 1.54) is 5.56 Å². The van der Waals surface area contributed by atoms with Gasteiger partial charge in [-0.15, -0.1) is 0 Å². The first kappa shape index (κ1) is 12.9. The molecule has 0 saturated carbocycles. The summed E-state index contributed by atoms with van der Waals surface area (Å²) in [6.07, 6.45) is 2.97. The summed E-state index contributed by atoms with van der Waals surface area (Å²) in [5.41, 5.74) is 6.62. The zero-order chi connectivity index (χ0) is 14.9. The van der Waals surface area contributed by atoms with Crippen LogP contribution in [0.4, 0.5) is 15.9 Å². The maximum absolute atomic E-state index is 13.6. The number of fused-ring (bicyclic) bond motifs is 2. The van der Waals surface area contributed by atoms with Gasteiger partial charge in [-0.2, -0.15) is 9.37 Å². The number of hydrogen-bond acceptors (Lipinski definition) is 5. The van der Waals surface area contributed by atoms with Crippen molar-refractivity contribution in [3.63, 3.8) is 0 Å². The van der Waals surface area contributed by atoms with Gasteiger partial charge in [0.2, 0.25) is 0 Å². The molecule has 1 aromatic carbocycles. The molecular weight excluding hydrogens is 281 g/mol. The van der Waals surface area contributed by atoms with Crippen molar-refractivity contribution in [2.75, 3.05) is 17.0 Å². The molecule has 0 radical (unpaired) electrons. The van der Waals surface area contributed by atoms with Crippen LogP contribution in [0.25, 0.3) is 11.0 Å². The molecule has 5 nitrogen and oxygen atoms in total. The molecule has 0 unspecified atom stereocenters. The molecule has 0 aliphatic carbocycles. The first-order valence-corrected chi connectivity index (χ1v) is 7.21. The zero-order valence-corrected chi connectivity index (χ0v) is 11.8. The molecule has 0 bridgehead atoms. The summed E-state index contributed by atoms with van der Waals surface area (Å²) in [4.78, 5) is 11.9. The van der Waals surface area contributed by atoms with Gasteiger partial charge >= 0.3 is 6.08 Å². The van der Waals surface area contributed by atoms with E-state index >= 15 is 0 Å². The highest BCUT2D eigenvalue weighted by atomic mass is 19.1. The average Bonchev–Trinajstić information content (AvgIpc) is 2.55. The van der Waals surface area contributed by atoms with Gasteiger partial charge in [0.1, 0.15) is 5.52 Å². The third-order valence-electron chi connectivity index (χ3n) is 3.78. The fourth-order valence-electron chi connectivity index (χ4n) is 2.79. The third kappa shape index (κ3) is 2.22. The van der Waals surface area contributed by atoms with E-state index in [-0.39, 0.29) is 0 Å². The Morgan fingerprint density at radius 1 is 1.09 bits per heavy atom. The Balaban J connectivity index is 1.76. The first-order valence-electron chi connectivity index (χ1n) is 7.21. The summed E-state index contributed by atoms with van der Waals surface area (Å²) in [5, 5.41) is 1.99. The molecule has 0 fully saturated rings. The van der Waals surface area contributed by atoms with E-state index in [2.05, 4.69) is 32.5 Å². The van der Waals surface area contributed by atoms with Crippen LogP contribution in [0.5, 0.6) is 0 Å². The third-order valence-corrected chi connectivity index (χ3v) is 3.78. The fraction of sp³-hybridized carbons (Fsp3) is 0.188. The van der Waals surface area contributed by atoms with Crippen molar-refractivity contribution >= 4 is 22.5 Å². The monoisotopic (exact) mass is 295 g/mol. The Morgan fingerprint density at radius 3 is 2.95 bits per heavy atom. The summed E-state index contributed by atoms with van der Waals surface area (Å²) in [6.45, 7) is 0.830. The van der Waals surface area contributed by atoms with Crippen LogP contribution < -0.4 is 10.4 Å². The number of hydrazine groups is 1. The quantitative estimate of drug-likeness (QED) is 0.737. The number of rotatable bonds is 2. The predicted molar refractivity (Wildman–Crippen MR) is 83.0 cm³/mol. The van der Waals surface area contributed by atoms with E-state index in [1.54, 1.807) is 18.3 Å². The standard InChI is InChI=1S/C16H14FN5/c17-16-19-12-7-3-9-18-14(12)15(20-16)21-22-10-4-6-11-5-1-2-8-13(11)22/h1-3,5,7-9H,4,6,10H2,(H,19,20,21). The highest BCUT2D eigenvalue weighted by Crippen LogP contribution is 2.28. The van der Waals surface area contributed by atoms with Crippen molar-refractivity contribution in [3.8, 4) is 0 Å². The van der Waals surface area contributed by atoms with Gasteiger partial charge in [-0.1, -0.05) is 18.2 Å². The average molecular weight is 295 g/mol. The molecule has 22 heavy (non-hydrogen) atoms. The molecule has 1 N–H and O–H groups in total. The van der Waals surface area contributed by atoms with E-state index < -0.39 is 6.08 Å². The Labute approximate surface area is 126 Å². The number of aryl methyl sites for hydroxylation is 1. The van der Waals surface area contributed by atoms with Crippen LogP contribution in [0.3, 0.4) is 0 Å². The van der Waals surface area contributed by atoms with Crippen LogP contribution in [0.1, 0.15) is 12.0 Å². The van der Waals surface area contributed by atoms with Gasteiger partial charge in [0, 0.05) is 12.7 Å². The number of aromatic nitrogens is 3. The first-order chi connectivity index (χ1) is 10.8. The molecule has 0 amide bonds. The molecule has 6 heteroatoms. The lowest BCUT2D eigenvalue weighted by atomic mass is 10.0. The Kier molecular flexibility index (Phi) is 3.07. The lowest BCUT2D eigenvalue weighted by Gasteiger charge is -2.31. The van der Waals surface area contributed by atoms with Crippen molar-refractivity contribution in [1.82, 2.24) is 15.0 Å². The van der Waals surface area contributed by atoms with Crippen LogP contribution in [0.15, 0.2) is 42.6 Å². The highest BCUT2D eigenvalue weighted by molar-refractivity contribution is 5.85. The molecule has 0 atom stereocenters. The van der Waals surface area contributed by atoms with Crippen LogP contribution in [0.2, 0.25) is 0 Å². The SMILES string of the molecule is Fc1nc(NN2CCCc3ccccc32)c2ncccc2n1. The number of anilines is 2. The minimum Gasteiger partial charge on any atom is -0.286 e. The van der Waals surface area contributed by atoms with Crippen LogP contribution in [-0.2, 0) is 6.42 Å². The summed E-state index contributed by atoms with van der Waals surface area (Å²) in [6, 6.07) is 11.6. The van der Waals surface area contributed by atoms with Crippen LogP contribution >= 0.6 is 0 Å². The number of pyridine rings is 1. The largest absolute Gasteiger partial charge is 0.311 e. The molecule has 2 aromatic heterocycles. The number of para-hydroxylation sites is 1. The number of halogens is 1. The van der Waals surface area contributed by atoms with E-state index in [1.807, 2.05) is 17.1 Å². The molecule has 1 aliphatic heterocycles. The van der Waals surface area contributed by atoms with Gasteiger partial charge in [-0.25, -0.2) is 4.98 Å². The second kappa shape index (κ2) is 5.22. The van der Waals surface area contributed by atoms with Crippen molar-refractivity contribution in [3.05, 3.63) is 54.2 Å². The molecule has 0 spiro atoms. The van der Waals surface area contributed by atoms with E-state index in [9.17, 15) is 4.39 Å². The number of nitrogens with one attached hydrogen (secondary N) is 1. The number of hydrogen-bond donors (Lipinski definition) is 1. The van der Waals surface area contributed by atoms with Crippen LogP contribution in [0, 0.1) is 6.08 Å². The van der Waals surface area contributed by atoms with Gasteiger partial charge in [0.25, 0.3) is 0 Å². The maximum Gasteiger partial charge on any atom is 0.311 e. The highest BCUT2D eigenvalue weighted by Gasteiger charge is 2.18. The van der Waals surface area contributed by atoms with Gasteiger partial charge in [0.15, 0.2) is 5.82 Å². The van der Waals surface area contributed by atoms with E-state index in [4.69, 9.17) is 0 Å². The fourth-order valence-corrected chi connectivity index (χ4v) is 2.79. The summed E-state index contributed by atoms with van der Waals surface area (Å²) >= 11 is 0. The zero-order valence-electron chi connectivity index (χ0n) is 11.8. The maximum atomic E-state index is 13.6. The Hall–Kier alpha value is -2.76. The van der Waals surface area contributed by atoms with Crippen LogP contribution in [-0.4, -0.2) is 21.5 Å². The minimum absolute atomic E-state index is 0.389. The number of nitrogens with zero attached hydrogens (tertiary/aromatic N) is 4. The van der Waals surface area contributed by atoms with Crippen molar-refractivity contribution < 1.29 is 4.39 Å². The van der Waals surface area contributed by atoms with Gasteiger partial charge in [-0.3, -0.25) is 15.4 Å². The Bertz CT molecular complexity index is 836. The molecule has 4 rings (SSSR count). The Morgan fingerprint density at radius 2 is 2.00 bits per heavy atom. The van der Waals surface area contributed by atoms with E-state index in [0.29, 0.717) is 16.9 Å². The predicted octanol–water partition coefficient (Wildman–Crippen LogP) is 2.94. The molecular formula is C16H14FN5. The summed E-state index contributed by atoms with van der Waals surface area (Å²) in [7, 11) is 0. The number of benzene rings is 1. The van der Waals surface area contributed by atoms with E-state index in [0.717, 1.165) is 25.1 Å². The normalized spacial score (nSPS) is 14.0. The van der Waals surface area contributed by atoms with Gasteiger partial charge < -0.3 is 0 Å². The molecule has 1 aliphatic rings. The second-order valence-corrected chi connectivity index (χ2v) is 5.21. The smallest absolute Gasteiger partial charge is 0.286 e. The minimum atomic E-state index is -0.756. The topological polar surface area (TPSA) is 53.9 Å². The lowest BCUT2D eigenvalue weighted by Crippen LogP contribution is -2.35. The lowest BCUT2D eigenvalue weighted by molar-refractivity contribution is 0.545.